The van der Waals surface area contributed by atoms with Crippen molar-refractivity contribution in [3.05, 3.63) is 0 Å². The van der Waals surface area contributed by atoms with Crippen molar-refractivity contribution in [1.29, 1.82) is 0 Å². The molecular formula is C18H32K2O7S. The normalized spacial score (nSPS) is 11.8. The van der Waals surface area contributed by atoms with Gasteiger partial charge < -0.3 is 19.2 Å². The Hall–Kier alpha value is 2.12. The minimum atomic E-state index is -5.07. The molecule has 1 unspecified atom stereocenters. The quantitative estimate of drug-likeness (QED) is 0.0927. The molecule has 7 nitrogen and oxygen atoms in total. The first-order valence-electron chi connectivity index (χ1n) is 9.60. The molecule has 0 aliphatic heterocycles. The smallest absolute Gasteiger partial charge is 0.747 e. The zero-order chi connectivity index (χ0) is 19.8. The van der Waals surface area contributed by atoms with Crippen molar-refractivity contribution in [1.82, 2.24) is 0 Å². The molecule has 0 aliphatic rings. The van der Waals surface area contributed by atoms with Gasteiger partial charge in [-0.05, 0) is 6.42 Å². The van der Waals surface area contributed by atoms with E-state index in [1.54, 1.807) is 0 Å². The molecule has 0 aliphatic carbocycles. The Balaban J connectivity index is -0.00000312. The Kier molecular flexibility index (Phi) is 27.7. The van der Waals surface area contributed by atoms with E-state index in [1.165, 1.54) is 51.4 Å². The van der Waals surface area contributed by atoms with Crippen LogP contribution in [-0.2, 0) is 24.4 Å². The third-order valence-electron chi connectivity index (χ3n) is 4.21. The summed E-state index contributed by atoms with van der Waals surface area (Å²) < 4.78 is 37.4. The van der Waals surface area contributed by atoms with E-state index in [-0.39, 0.29) is 109 Å². The molecule has 0 rings (SSSR count). The number of unbranched alkanes of at least 4 members (excludes halogenated alkanes) is 11. The average molecular weight is 471 g/mol. The van der Waals surface area contributed by atoms with E-state index in [4.69, 9.17) is 4.74 Å². The van der Waals surface area contributed by atoms with Gasteiger partial charge in [-0.2, -0.15) is 0 Å². The zero-order valence-electron chi connectivity index (χ0n) is 17.7. The van der Waals surface area contributed by atoms with Gasteiger partial charge in [-0.1, -0.05) is 77.6 Å². The van der Waals surface area contributed by atoms with Crippen LogP contribution in [0, 0.1) is 0 Å². The van der Waals surface area contributed by atoms with Crippen LogP contribution in [0.1, 0.15) is 90.4 Å². The van der Waals surface area contributed by atoms with E-state index in [9.17, 15) is 27.7 Å². The van der Waals surface area contributed by atoms with Gasteiger partial charge in [0.25, 0.3) is 0 Å². The maximum absolute atomic E-state index is 11.5. The van der Waals surface area contributed by atoms with Crippen molar-refractivity contribution in [3.8, 4) is 0 Å². The standard InChI is InChI=1S/C18H34O7S.2K/c1-2-3-4-5-6-7-8-9-10-11-12-13-14-25-18(21)16(15-17(19)20)26(22,23)24;;/h16H,2-15H2,1H3,(H,19,20)(H,22,23,24);;/q;2*+1/p-2. The van der Waals surface area contributed by atoms with Gasteiger partial charge in [-0.15, -0.1) is 0 Å². The molecule has 0 saturated carbocycles. The van der Waals surface area contributed by atoms with Crippen molar-refractivity contribution < 1.29 is 135 Å². The number of hydrogen-bond acceptors (Lipinski definition) is 7. The topological polar surface area (TPSA) is 124 Å². The van der Waals surface area contributed by atoms with Gasteiger partial charge in [0, 0.05) is 12.4 Å². The molecule has 0 spiro atoms. The van der Waals surface area contributed by atoms with E-state index >= 15 is 0 Å². The molecule has 0 saturated heterocycles. The first-order chi connectivity index (χ1) is 12.3. The van der Waals surface area contributed by atoms with E-state index in [1.807, 2.05) is 0 Å². The number of carboxylic acid groups (broad SMARTS) is 1. The second-order valence-electron chi connectivity index (χ2n) is 6.61. The van der Waals surface area contributed by atoms with Gasteiger partial charge in [-0.3, -0.25) is 4.79 Å². The summed E-state index contributed by atoms with van der Waals surface area (Å²) in [6.45, 7) is 2.19. The summed E-state index contributed by atoms with van der Waals surface area (Å²) in [5, 5.41) is 8.20. The maximum Gasteiger partial charge on any atom is 1.00 e. The molecule has 154 valence electrons. The molecule has 0 heterocycles. The zero-order valence-corrected chi connectivity index (χ0v) is 24.8. The first-order valence-corrected chi connectivity index (χ1v) is 11.1. The molecule has 0 aromatic heterocycles. The average Bonchev–Trinajstić information content (AvgIpc) is 2.55. The summed E-state index contributed by atoms with van der Waals surface area (Å²) >= 11 is 0. The van der Waals surface area contributed by atoms with Crippen LogP contribution in [0.3, 0.4) is 0 Å². The molecule has 0 radical (unpaired) electrons. The molecule has 0 amide bonds. The van der Waals surface area contributed by atoms with Gasteiger partial charge in [0.2, 0.25) is 0 Å². The van der Waals surface area contributed by atoms with Crippen LogP contribution in [0.5, 0.6) is 0 Å². The molecule has 0 aromatic rings. The number of esters is 1. The number of ether oxygens (including phenoxy) is 1. The van der Waals surface area contributed by atoms with E-state index in [0.29, 0.717) is 6.42 Å². The van der Waals surface area contributed by atoms with E-state index < -0.39 is 33.7 Å². The van der Waals surface area contributed by atoms with Gasteiger partial charge >= 0.3 is 109 Å². The second-order valence-corrected chi connectivity index (χ2v) is 8.17. The SMILES string of the molecule is CCCCCCCCCCCCCCOC(=O)C(CC(=O)[O-])S(=O)(=O)[O-].[K+].[K+]. The third-order valence-corrected chi connectivity index (χ3v) is 5.26. The van der Waals surface area contributed by atoms with Crippen molar-refractivity contribution in [2.75, 3.05) is 6.61 Å². The Morgan fingerprint density at radius 2 is 1.21 bits per heavy atom. The largest absolute Gasteiger partial charge is 1.00 e. The molecule has 0 fully saturated rings. The number of carboxylic acids is 1. The minimum Gasteiger partial charge on any atom is -0.747 e. The fourth-order valence-electron chi connectivity index (χ4n) is 2.66. The Morgan fingerprint density at radius 1 is 0.821 bits per heavy atom. The van der Waals surface area contributed by atoms with E-state index in [0.717, 1.165) is 19.3 Å². The number of carbonyl (C=O) groups excluding carboxylic acids is 2. The summed E-state index contributed by atoms with van der Waals surface area (Å²) in [5.74, 6) is -3.09. The Bertz CT molecular complexity index is 498. The first kappa shape index (κ1) is 34.7. The molecular weight excluding hydrogens is 438 g/mol. The van der Waals surface area contributed by atoms with Gasteiger partial charge in [-0.25, -0.2) is 8.42 Å². The summed E-state index contributed by atoms with van der Waals surface area (Å²) in [6.07, 6.45) is 12.5. The van der Waals surface area contributed by atoms with Crippen LogP contribution < -0.4 is 108 Å². The monoisotopic (exact) mass is 470 g/mol. The number of carbonyl (C=O) groups is 2. The molecule has 0 bridgehead atoms. The Morgan fingerprint density at radius 3 is 1.57 bits per heavy atom. The summed E-state index contributed by atoms with van der Waals surface area (Å²) in [6, 6.07) is 0. The fraction of sp³-hybridized carbons (Fsp3) is 0.889. The van der Waals surface area contributed by atoms with Crippen molar-refractivity contribution in [2.24, 2.45) is 0 Å². The van der Waals surface area contributed by atoms with Gasteiger partial charge in [0.05, 0.1) is 6.61 Å². The van der Waals surface area contributed by atoms with Crippen molar-refractivity contribution in [3.63, 3.8) is 0 Å². The third kappa shape index (κ3) is 21.4. The van der Waals surface area contributed by atoms with Crippen LogP contribution in [0.4, 0.5) is 0 Å². The maximum atomic E-state index is 11.5. The molecule has 10 heteroatoms. The molecule has 0 aromatic carbocycles. The molecule has 1 atom stereocenters. The van der Waals surface area contributed by atoms with Gasteiger partial charge in [0.15, 0.2) is 5.25 Å². The minimum absolute atomic E-state index is 0. The van der Waals surface area contributed by atoms with E-state index in [2.05, 4.69) is 6.92 Å². The summed E-state index contributed by atoms with van der Waals surface area (Å²) in [7, 11) is -5.07. The van der Waals surface area contributed by atoms with Crippen LogP contribution in [-0.4, -0.2) is 36.8 Å². The van der Waals surface area contributed by atoms with Crippen LogP contribution >= 0.6 is 0 Å². The predicted octanol–water partition coefficient (Wildman–Crippen LogP) is -3.71. The van der Waals surface area contributed by atoms with Gasteiger partial charge in [0.1, 0.15) is 10.1 Å². The number of rotatable bonds is 17. The summed E-state index contributed by atoms with van der Waals surface area (Å²) in [4.78, 5) is 22.0. The van der Waals surface area contributed by atoms with Crippen molar-refractivity contribution in [2.45, 2.75) is 95.6 Å². The number of aliphatic carboxylic acids is 1. The number of hydrogen-bond donors (Lipinski definition) is 0. The predicted molar refractivity (Wildman–Crippen MR) is 95.1 cm³/mol. The van der Waals surface area contributed by atoms with Crippen LogP contribution in [0.2, 0.25) is 0 Å². The molecule has 0 N–H and O–H groups in total. The van der Waals surface area contributed by atoms with Crippen LogP contribution in [0.25, 0.3) is 0 Å². The molecule has 28 heavy (non-hydrogen) atoms. The van der Waals surface area contributed by atoms with Crippen molar-refractivity contribution >= 4 is 22.1 Å². The second kappa shape index (κ2) is 22.3. The summed E-state index contributed by atoms with van der Waals surface area (Å²) in [5.41, 5.74) is 0. The fourth-order valence-corrected chi connectivity index (χ4v) is 3.31. The van der Waals surface area contributed by atoms with Crippen LogP contribution in [0.15, 0.2) is 0 Å². The Labute approximate surface area is 255 Å².